The fraction of sp³-hybridized carbons (Fsp3) is 0.500. The molecular formula is C4H10NbO-2. The molecule has 0 aliphatic rings. The summed E-state index contributed by atoms with van der Waals surface area (Å²) in [5.74, 6) is 0. The van der Waals surface area contributed by atoms with E-state index in [2.05, 4.69) is 13.8 Å². The zero-order valence-electron chi connectivity index (χ0n) is 4.27. The van der Waals surface area contributed by atoms with E-state index in [9.17, 15) is 0 Å². The fourth-order valence-corrected chi connectivity index (χ4v) is 0. The predicted octanol–water partition coefficient (Wildman–Crippen LogP) is 1.56. The summed E-state index contributed by atoms with van der Waals surface area (Å²) in [6.45, 7) is 10.0. The zero-order valence-corrected chi connectivity index (χ0v) is 6.47. The summed E-state index contributed by atoms with van der Waals surface area (Å²) >= 11 is 0.500. The second-order valence-electron chi connectivity index (χ2n) is 0. The van der Waals surface area contributed by atoms with Gasteiger partial charge >= 0.3 is 24.3 Å². The van der Waals surface area contributed by atoms with Crippen molar-refractivity contribution in [3.8, 4) is 0 Å². The van der Waals surface area contributed by atoms with Gasteiger partial charge < -0.3 is 13.8 Å². The Morgan fingerprint density at radius 3 is 1.00 bits per heavy atom. The van der Waals surface area contributed by atoms with Crippen molar-refractivity contribution in [3.63, 3.8) is 0 Å². The van der Waals surface area contributed by atoms with Gasteiger partial charge in [0.2, 0.25) is 0 Å². The molecule has 0 atom stereocenters. The van der Waals surface area contributed by atoms with Crippen LogP contribution in [0.15, 0.2) is 0 Å². The second kappa shape index (κ2) is 391. The summed E-state index contributed by atoms with van der Waals surface area (Å²) in [5, 5.41) is 0. The quantitative estimate of drug-likeness (QED) is 0.395. The van der Waals surface area contributed by atoms with Gasteiger partial charge in [-0.05, 0) is 0 Å². The van der Waals surface area contributed by atoms with E-state index in [0.717, 1.165) is 0 Å². The Morgan fingerprint density at radius 1 is 1.00 bits per heavy atom. The van der Waals surface area contributed by atoms with Crippen LogP contribution < -0.4 is 0 Å². The molecule has 0 amide bonds. The first-order valence-corrected chi connectivity index (χ1v) is 2.49. The molecule has 0 N–H and O–H groups in total. The molecule has 0 heterocycles. The summed E-state index contributed by atoms with van der Waals surface area (Å²) in [6, 6.07) is 0. The molecule has 2 heteroatoms. The van der Waals surface area contributed by atoms with E-state index in [1.54, 1.807) is 13.8 Å². The molecule has 6 heavy (non-hydrogen) atoms. The third kappa shape index (κ3) is 195. The third-order valence-corrected chi connectivity index (χ3v) is 0. The molecule has 0 fully saturated rings. The minimum atomic E-state index is 0.500. The Bertz CT molecular complexity index is 7.51. The van der Waals surface area contributed by atoms with E-state index in [1.165, 1.54) is 0 Å². The van der Waals surface area contributed by atoms with Crippen LogP contribution in [0.5, 0.6) is 0 Å². The summed E-state index contributed by atoms with van der Waals surface area (Å²) in [5.41, 5.74) is 0. The molecule has 0 aromatic carbocycles. The van der Waals surface area contributed by atoms with Crippen LogP contribution in [0.3, 0.4) is 0 Å². The van der Waals surface area contributed by atoms with Gasteiger partial charge in [0.05, 0.1) is 0 Å². The van der Waals surface area contributed by atoms with Crippen molar-refractivity contribution in [2.24, 2.45) is 0 Å². The van der Waals surface area contributed by atoms with E-state index in [1.807, 2.05) is 0 Å². The van der Waals surface area contributed by atoms with Gasteiger partial charge in [-0.25, -0.2) is 0 Å². The van der Waals surface area contributed by atoms with Crippen molar-refractivity contribution in [2.45, 2.75) is 13.8 Å². The Labute approximate surface area is 52.4 Å². The van der Waals surface area contributed by atoms with Gasteiger partial charge in [0.15, 0.2) is 0 Å². The Kier molecular flexibility index (Phi) is 1040. The first kappa shape index (κ1) is 16.0. The summed E-state index contributed by atoms with van der Waals surface area (Å²) < 4.78 is 8.30. The number of hydrogen-bond donors (Lipinski definition) is 0. The maximum atomic E-state index is 8.30. The first-order chi connectivity index (χ1) is 3.00. The van der Waals surface area contributed by atoms with Crippen LogP contribution in [0, 0.1) is 13.8 Å². The molecule has 1 nitrogen and oxygen atoms in total. The summed E-state index contributed by atoms with van der Waals surface area (Å²) in [7, 11) is 0. The first-order valence-electron chi connectivity index (χ1n) is 1.60. The SMILES string of the molecule is [CH2-]C.[CH2-]C.[O]=[Nb]. The van der Waals surface area contributed by atoms with Crippen LogP contribution in [-0.4, -0.2) is 0 Å². The van der Waals surface area contributed by atoms with Gasteiger partial charge in [-0.1, -0.05) is 0 Å². The average Bonchev–Trinajstić information content (AvgIpc) is 1.81. The summed E-state index contributed by atoms with van der Waals surface area (Å²) in [6.07, 6.45) is 0. The van der Waals surface area contributed by atoms with Crippen molar-refractivity contribution in [1.82, 2.24) is 0 Å². The number of rotatable bonds is 0. The molecule has 0 unspecified atom stereocenters. The van der Waals surface area contributed by atoms with E-state index in [0.29, 0.717) is 21.0 Å². The maximum absolute atomic E-state index is 8.30. The molecule has 0 bridgehead atoms. The van der Waals surface area contributed by atoms with Crippen molar-refractivity contribution in [3.05, 3.63) is 13.8 Å². The van der Waals surface area contributed by atoms with E-state index in [-0.39, 0.29) is 0 Å². The predicted molar refractivity (Wildman–Crippen MR) is 22.7 cm³/mol. The van der Waals surface area contributed by atoms with Crippen molar-refractivity contribution in [2.75, 3.05) is 0 Å². The van der Waals surface area contributed by atoms with Crippen LogP contribution in [0.2, 0.25) is 0 Å². The molecular weight excluding hydrogens is 157 g/mol. The van der Waals surface area contributed by atoms with Crippen molar-refractivity contribution >= 4 is 0 Å². The van der Waals surface area contributed by atoms with Gasteiger partial charge in [0.1, 0.15) is 0 Å². The standard InChI is InChI=1S/2C2H5.Nb.O/c2*1-2;;/h2*1H2,2H3;;/q2*-1;;. The van der Waals surface area contributed by atoms with Gasteiger partial charge in [-0.3, -0.25) is 0 Å². The van der Waals surface area contributed by atoms with Crippen LogP contribution >= 0.6 is 0 Å². The Morgan fingerprint density at radius 2 is 1.00 bits per heavy atom. The Balaban J connectivity index is -0.0000000225. The molecule has 0 saturated heterocycles. The molecule has 0 aliphatic heterocycles. The fourth-order valence-electron chi connectivity index (χ4n) is 0. The van der Waals surface area contributed by atoms with Crippen LogP contribution in [0.1, 0.15) is 13.8 Å². The molecule has 0 rings (SSSR count). The molecule has 0 spiro atoms. The van der Waals surface area contributed by atoms with Gasteiger partial charge in [0.25, 0.3) is 0 Å². The Hall–Kier alpha value is 0.540. The van der Waals surface area contributed by atoms with Crippen molar-refractivity contribution < 1.29 is 24.3 Å². The topological polar surface area (TPSA) is 17.1 Å². The molecule has 39 valence electrons. The van der Waals surface area contributed by atoms with Crippen LogP contribution in [0.4, 0.5) is 0 Å². The molecule has 0 radical (unpaired) electrons. The van der Waals surface area contributed by atoms with Gasteiger partial charge in [-0.15, -0.1) is 0 Å². The van der Waals surface area contributed by atoms with E-state index >= 15 is 0 Å². The molecule has 0 aliphatic carbocycles. The molecule has 0 aromatic rings. The van der Waals surface area contributed by atoms with Gasteiger partial charge in [-0.2, -0.15) is 13.8 Å². The van der Waals surface area contributed by atoms with Crippen LogP contribution in [0.25, 0.3) is 0 Å². The third-order valence-electron chi connectivity index (χ3n) is 0. The normalized spacial score (nSPS) is 2.50. The summed E-state index contributed by atoms with van der Waals surface area (Å²) in [4.78, 5) is 0. The monoisotopic (exact) mass is 167 g/mol. The molecule has 0 aromatic heterocycles. The average molecular weight is 167 g/mol. The minimum absolute atomic E-state index is 0.500. The van der Waals surface area contributed by atoms with Gasteiger partial charge in [0, 0.05) is 0 Å². The number of hydrogen-bond acceptors (Lipinski definition) is 1. The van der Waals surface area contributed by atoms with Crippen molar-refractivity contribution in [1.29, 1.82) is 0 Å². The molecule has 0 saturated carbocycles. The van der Waals surface area contributed by atoms with Crippen LogP contribution in [-0.2, 0) is 24.3 Å². The van der Waals surface area contributed by atoms with E-state index < -0.39 is 0 Å². The van der Waals surface area contributed by atoms with E-state index in [4.69, 9.17) is 3.25 Å². The zero-order chi connectivity index (χ0) is 6.00. The second-order valence-corrected chi connectivity index (χ2v) is 0.